The van der Waals surface area contributed by atoms with Gasteiger partial charge in [0, 0.05) is 24.0 Å². The lowest BCUT2D eigenvalue weighted by molar-refractivity contribution is -0.0495. The second kappa shape index (κ2) is 11.1. The van der Waals surface area contributed by atoms with Crippen LogP contribution in [0, 0.1) is 12.7 Å². The minimum Gasteiger partial charge on any atom is -0.454 e. The second-order valence-corrected chi connectivity index (χ2v) is 9.73. The maximum atomic E-state index is 14.0. The summed E-state index contributed by atoms with van der Waals surface area (Å²) >= 11 is 0. The van der Waals surface area contributed by atoms with E-state index >= 15 is 0 Å². The number of alkyl halides is 2. The monoisotopic (exact) mass is 577 g/mol. The number of morpholine rings is 1. The molecular formula is C30H26F3N5O4. The molecule has 12 heteroatoms. The molecule has 1 aliphatic heterocycles. The maximum Gasteiger partial charge on any atom is 0.387 e. The lowest BCUT2D eigenvalue weighted by Crippen LogP contribution is -2.36. The summed E-state index contributed by atoms with van der Waals surface area (Å²) in [5.41, 5.74) is 9.07. The summed E-state index contributed by atoms with van der Waals surface area (Å²) in [7, 11) is 0. The number of rotatable bonds is 8. The van der Waals surface area contributed by atoms with Gasteiger partial charge in [-0.2, -0.15) is 13.9 Å². The molecule has 6 rings (SSSR count). The van der Waals surface area contributed by atoms with Crippen molar-refractivity contribution in [1.82, 2.24) is 14.8 Å². The number of aromatic nitrogens is 3. The number of anilines is 2. The molecule has 42 heavy (non-hydrogen) atoms. The smallest absolute Gasteiger partial charge is 0.387 e. The number of ether oxygens (including phenoxy) is 3. The van der Waals surface area contributed by atoms with Crippen LogP contribution in [0.3, 0.4) is 0 Å². The number of hydrogen-bond donors (Lipinski definition) is 2. The quantitative estimate of drug-likeness (QED) is 0.223. The van der Waals surface area contributed by atoms with Gasteiger partial charge in [0.05, 0.1) is 42.0 Å². The van der Waals surface area contributed by atoms with E-state index in [-0.39, 0.29) is 28.6 Å². The Hall–Kier alpha value is -4.97. The molecule has 9 nitrogen and oxygen atoms in total. The molecule has 1 aliphatic rings. The summed E-state index contributed by atoms with van der Waals surface area (Å²) in [5, 5.41) is 4.84. The fourth-order valence-electron chi connectivity index (χ4n) is 4.92. The average Bonchev–Trinajstić information content (AvgIpc) is 3.57. The zero-order valence-corrected chi connectivity index (χ0v) is 22.4. The number of fused-ring (bicyclic) bond motifs is 1. The van der Waals surface area contributed by atoms with E-state index in [0.29, 0.717) is 59.9 Å². The zero-order chi connectivity index (χ0) is 29.4. The molecule has 0 bridgehead atoms. The summed E-state index contributed by atoms with van der Waals surface area (Å²) in [6, 6.07) is 16.0. The fourth-order valence-corrected chi connectivity index (χ4v) is 4.92. The zero-order valence-electron chi connectivity index (χ0n) is 22.4. The van der Waals surface area contributed by atoms with E-state index in [4.69, 9.17) is 19.9 Å². The average molecular weight is 578 g/mol. The van der Waals surface area contributed by atoms with Gasteiger partial charge in [-0.3, -0.25) is 4.79 Å². The first kappa shape index (κ1) is 27.2. The molecule has 3 aromatic carbocycles. The van der Waals surface area contributed by atoms with Crippen LogP contribution in [0.5, 0.6) is 17.2 Å². The van der Waals surface area contributed by atoms with E-state index in [1.54, 1.807) is 49.4 Å². The van der Waals surface area contributed by atoms with Gasteiger partial charge < -0.3 is 29.8 Å². The highest BCUT2D eigenvalue weighted by atomic mass is 19.3. The number of aromatic amines is 1. The molecule has 3 heterocycles. The van der Waals surface area contributed by atoms with Crippen LogP contribution in [-0.2, 0) is 4.74 Å². The molecule has 2 aromatic heterocycles. The van der Waals surface area contributed by atoms with Gasteiger partial charge in [-0.1, -0.05) is 12.1 Å². The Morgan fingerprint density at radius 2 is 1.83 bits per heavy atom. The largest absolute Gasteiger partial charge is 0.454 e. The lowest BCUT2D eigenvalue weighted by Gasteiger charge is -2.30. The SMILES string of the molecule is Cc1cc(-n2ncc(C(=O)c3cc4cc(OC(F)F)c(N5CCOCC5)cc4[nH]3)c2N)ccc1Oc1ccccc1F. The minimum absolute atomic E-state index is 0.0162. The number of ketones is 1. The fraction of sp³-hybridized carbons (Fsp3) is 0.200. The van der Waals surface area contributed by atoms with E-state index in [1.165, 1.54) is 29.1 Å². The van der Waals surface area contributed by atoms with Crippen LogP contribution < -0.4 is 20.1 Å². The number of carbonyl (C=O) groups is 1. The molecule has 5 aromatic rings. The van der Waals surface area contributed by atoms with Crippen LogP contribution in [0.2, 0.25) is 0 Å². The third-order valence-corrected chi connectivity index (χ3v) is 7.02. The molecular weight excluding hydrogens is 551 g/mol. The summed E-state index contributed by atoms with van der Waals surface area (Å²) in [4.78, 5) is 18.5. The van der Waals surface area contributed by atoms with Gasteiger partial charge in [0.15, 0.2) is 11.6 Å². The van der Waals surface area contributed by atoms with Crippen molar-refractivity contribution in [2.45, 2.75) is 13.5 Å². The van der Waals surface area contributed by atoms with Gasteiger partial charge in [0.25, 0.3) is 0 Å². The molecule has 216 valence electrons. The Morgan fingerprint density at radius 3 is 2.57 bits per heavy atom. The van der Waals surface area contributed by atoms with Crippen molar-refractivity contribution in [3.63, 3.8) is 0 Å². The third kappa shape index (κ3) is 5.23. The molecule has 1 fully saturated rings. The van der Waals surface area contributed by atoms with Crippen LogP contribution in [0.4, 0.5) is 24.7 Å². The van der Waals surface area contributed by atoms with Crippen molar-refractivity contribution in [3.8, 4) is 22.9 Å². The maximum absolute atomic E-state index is 14.0. The van der Waals surface area contributed by atoms with E-state index in [2.05, 4.69) is 10.1 Å². The first-order chi connectivity index (χ1) is 20.3. The Balaban J connectivity index is 1.28. The molecule has 0 amide bonds. The van der Waals surface area contributed by atoms with E-state index in [9.17, 15) is 18.0 Å². The molecule has 0 unspecified atom stereocenters. The van der Waals surface area contributed by atoms with Crippen LogP contribution in [-0.4, -0.2) is 53.5 Å². The molecule has 1 saturated heterocycles. The minimum atomic E-state index is -3.00. The predicted molar refractivity (Wildman–Crippen MR) is 151 cm³/mol. The first-order valence-corrected chi connectivity index (χ1v) is 13.1. The first-order valence-electron chi connectivity index (χ1n) is 13.1. The van der Waals surface area contributed by atoms with Gasteiger partial charge >= 0.3 is 6.61 Å². The van der Waals surface area contributed by atoms with Crippen molar-refractivity contribution in [3.05, 3.63) is 89.5 Å². The Labute approximate surface area is 238 Å². The van der Waals surface area contributed by atoms with Crippen LogP contribution in [0.1, 0.15) is 21.6 Å². The van der Waals surface area contributed by atoms with Gasteiger partial charge in [0.1, 0.15) is 17.3 Å². The summed E-state index contributed by atoms with van der Waals surface area (Å²) in [5.74, 6) is -0.222. The molecule has 0 radical (unpaired) electrons. The topological polar surface area (TPSA) is 108 Å². The van der Waals surface area contributed by atoms with Crippen LogP contribution in [0.25, 0.3) is 16.6 Å². The predicted octanol–water partition coefficient (Wildman–Crippen LogP) is 5.84. The molecule has 0 saturated carbocycles. The molecule has 0 spiro atoms. The highest BCUT2D eigenvalue weighted by Crippen LogP contribution is 2.36. The number of nitrogens with two attached hydrogens (primary N) is 1. The number of benzene rings is 3. The van der Waals surface area contributed by atoms with E-state index in [0.717, 1.165) is 0 Å². The van der Waals surface area contributed by atoms with Gasteiger partial charge in [-0.25, -0.2) is 9.07 Å². The van der Waals surface area contributed by atoms with E-state index < -0.39 is 18.2 Å². The summed E-state index contributed by atoms with van der Waals surface area (Å²) in [6.07, 6.45) is 1.37. The van der Waals surface area contributed by atoms with Gasteiger partial charge in [-0.15, -0.1) is 0 Å². The van der Waals surface area contributed by atoms with Gasteiger partial charge in [-0.05, 0) is 61.0 Å². The normalized spacial score (nSPS) is 13.6. The highest BCUT2D eigenvalue weighted by Gasteiger charge is 2.23. The second-order valence-electron chi connectivity index (χ2n) is 9.73. The summed E-state index contributed by atoms with van der Waals surface area (Å²) in [6.45, 7) is 0.756. The number of nitrogens with one attached hydrogen (secondary N) is 1. The Kier molecular flexibility index (Phi) is 7.21. The van der Waals surface area contributed by atoms with Gasteiger partial charge in [0.2, 0.25) is 5.78 Å². The van der Waals surface area contributed by atoms with Crippen molar-refractivity contribution in [2.75, 3.05) is 36.9 Å². The van der Waals surface area contributed by atoms with Crippen molar-refractivity contribution < 1.29 is 32.2 Å². The van der Waals surface area contributed by atoms with Crippen LogP contribution >= 0.6 is 0 Å². The standard InChI is InChI=1S/C30H26F3N5O4/c1-17-12-19(6-7-25(17)41-26-5-3-2-4-21(26)31)38-29(34)20(16-35-38)28(39)23-13-18-14-27(42-30(32)33)24(15-22(18)36-23)37-8-10-40-11-9-37/h2-7,12-16,30,36H,8-11,34H2,1H3. The van der Waals surface area contributed by atoms with Crippen molar-refractivity contribution >= 4 is 28.2 Å². The van der Waals surface area contributed by atoms with Crippen molar-refractivity contribution in [2.24, 2.45) is 0 Å². The number of nitrogens with zero attached hydrogens (tertiary/aromatic N) is 3. The van der Waals surface area contributed by atoms with E-state index in [1.807, 2.05) is 4.90 Å². The number of hydrogen-bond acceptors (Lipinski definition) is 7. The number of halogens is 3. The summed E-state index contributed by atoms with van der Waals surface area (Å²) < 4.78 is 57.8. The third-order valence-electron chi connectivity index (χ3n) is 7.02. The van der Waals surface area contributed by atoms with Crippen LogP contribution in [0.15, 0.2) is 66.9 Å². The lowest BCUT2D eigenvalue weighted by atomic mass is 10.1. The Bertz CT molecular complexity index is 1780. The number of aryl methyl sites for hydroxylation is 1. The number of nitrogen functional groups attached to an aromatic ring is 1. The molecule has 0 aliphatic carbocycles. The Morgan fingerprint density at radius 1 is 1.05 bits per heavy atom. The molecule has 0 atom stereocenters. The highest BCUT2D eigenvalue weighted by molar-refractivity contribution is 6.12. The number of para-hydroxylation sites is 1. The molecule has 3 N–H and O–H groups in total. The number of carbonyl (C=O) groups excluding carboxylic acids is 1. The number of H-pyrrole nitrogens is 1. The van der Waals surface area contributed by atoms with Crippen molar-refractivity contribution in [1.29, 1.82) is 0 Å².